The van der Waals surface area contributed by atoms with Crippen molar-refractivity contribution in [3.63, 3.8) is 0 Å². The predicted octanol–water partition coefficient (Wildman–Crippen LogP) is 3.61. The van der Waals surface area contributed by atoms with E-state index in [0.717, 1.165) is 36.8 Å². The van der Waals surface area contributed by atoms with Crippen LogP contribution >= 0.6 is 0 Å². The lowest BCUT2D eigenvalue weighted by Gasteiger charge is -2.37. The molecule has 1 aliphatic rings. The fourth-order valence-electron chi connectivity index (χ4n) is 3.63. The zero-order chi connectivity index (χ0) is 21.1. The van der Waals surface area contributed by atoms with E-state index in [1.807, 2.05) is 4.90 Å². The molecule has 1 aliphatic heterocycles. The zero-order valence-corrected chi connectivity index (χ0v) is 18.6. The standard InChI is InChI=1S/C23H33N5O/c1-16(2)21-24-18(4)20(15-19-9-7-17(3)8-10-19)22(25-21)27-11-13-28(14-12-27)23(29)26(5)6/h7-10,16H,11-15H2,1-6H3. The Morgan fingerprint density at radius 1 is 1.03 bits per heavy atom. The van der Waals surface area contributed by atoms with E-state index >= 15 is 0 Å². The first-order valence-corrected chi connectivity index (χ1v) is 10.4. The minimum Gasteiger partial charge on any atom is -0.353 e. The van der Waals surface area contributed by atoms with Crippen LogP contribution in [0.1, 0.15) is 48.0 Å². The molecule has 0 saturated carbocycles. The topological polar surface area (TPSA) is 52.6 Å². The molecule has 0 aliphatic carbocycles. The lowest BCUT2D eigenvalue weighted by Crippen LogP contribution is -2.52. The smallest absolute Gasteiger partial charge is 0.319 e. The van der Waals surface area contributed by atoms with Crippen LogP contribution in [0.3, 0.4) is 0 Å². The van der Waals surface area contributed by atoms with Gasteiger partial charge < -0.3 is 14.7 Å². The number of hydrogen-bond donors (Lipinski definition) is 0. The predicted molar refractivity (Wildman–Crippen MR) is 118 cm³/mol. The summed E-state index contributed by atoms with van der Waals surface area (Å²) >= 11 is 0. The Bertz CT molecular complexity index is 852. The van der Waals surface area contributed by atoms with E-state index in [0.29, 0.717) is 13.1 Å². The van der Waals surface area contributed by atoms with Crippen molar-refractivity contribution in [2.24, 2.45) is 0 Å². The highest BCUT2D eigenvalue weighted by molar-refractivity contribution is 5.74. The van der Waals surface area contributed by atoms with Gasteiger partial charge in [0, 0.05) is 63.9 Å². The molecule has 0 unspecified atom stereocenters. The number of anilines is 1. The summed E-state index contributed by atoms with van der Waals surface area (Å²) < 4.78 is 0. The Hall–Kier alpha value is -2.63. The van der Waals surface area contributed by atoms with E-state index in [9.17, 15) is 4.79 Å². The SMILES string of the molecule is Cc1ccc(Cc2c(C)nc(C(C)C)nc2N2CCN(C(=O)N(C)C)CC2)cc1. The molecule has 156 valence electrons. The highest BCUT2D eigenvalue weighted by Crippen LogP contribution is 2.27. The van der Waals surface area contributed by atoms with E-state index in [1.165, 1.54) is 16.7 Å². The molecule has 3 rings (SSSR count). The average molecular weight is 396 g/mol. The van der Waals surface area contributed by atoms with Crippen molar-refractivity contribution >= 4 is 11.8 Å². The van der Waals surface area contributed by atoms with Crippen LogP contribution in [0.25, 0.3) is 0 Å². The first-order valence-electron chi connectivity index (χ1n) is 10.4. The average Bonchev–Trinajstić information content (AvgIpc) is 2.70. The number of benzene rings is 1. The third kappa shape index (κ3) is 4.86. The molecule has 1 fully saturated rings. The third-order valence-corrected chi connectivity index (χ3v) is 5.46. The Kier molecular flexibility index (Phi) is 6.40. The summed E-state index contributed by atoms with van der Waals surface area (Å²) in [5.41, 5.74) is 4.76. The zero-order valence-electron chi connectivity index (χ0n) is 18.6. The van der Waals surface area contributed by atoms with Crippen molar-refractivity contribution in [2.75, 3.05) is 45.2 Å². The second kappa shape index (κ2) is 8.80. The minimum absolute atomic E-state index is 0.0752. The Balaban J connectivity index is 1.89. The quantitative estimate of drug-likeness (QED) is 0.794. The van der Waals surface area contributed by atoms with E-state index in [-0.39, 0.29) is 11.9 Å². The summed E-state index contributed by atoms with van der Waals surface area (Å²) in [4.78, 5) is 27.9. The van der Waals surface area contributed by atoms with Crippen molar-refractivity contribution in [1.29, 1.82) is 0 Å². The van der Waals surface area contributed by atoms with Gasteiger partial charge in [0.1, 0.15) is 11.6 Å². The summed E-state index contributed by atoms with van der Waals surface area (Å²) in [6.45, 7) is 11.4. The van der Waals surface area contributed by atoms with Crippen LogP contribution in [0.4, 0.5) is 10.6 Å². The second-order valence-corrected chi connectivity index (χ2v) is 8.44. The largest absolute Gasteiger partial charge is 0.353 e. The van der Waals surface area contributed by atoms with E-state index in [4.69, 9.17) is 9.97 Å². The molecule has 29 heavy (non-hydrogen) atoms. The molecule has 0 radical (unpaired) electrons. The Labute approximate surface area is 174 Å². The van der Waals surface area contributed by atoms with Gasteiger partial charge >= 0.3 is 6.03 Å². The maximum atomic E-state index is 12.3. The minimum atomic E-state index is 0.0752. The number of aromatic nitrogens is 2. The number of urea groups is 1. The number of amides is 2. The van der Waals surface area contributed by atoms with Gasteiger partial charge in [0.15, 0.2) is 0 Å². The Morgan fingerprint density at radius 2 is 1.66 bits per heavy atom. The summed E-state index contributed by atoms with van der Waals surface area (Å²) in [6, 6.07) is 8.75. The Morgan fingerprint density at radius 3 is 2.21 bits per heavy atom. The molecular formula is C23H33N5O. The molecular weight excluding hydrogens is 362 g/mol. The molecule has 0 N–H and O–H groups in total. The highest BCUT2D eigenvalue weighted by atomic mass is 16.2. The van der Waals surface area contributed by atoms with Crippen LogP contribution in [0.15, 0.2) is 24.3 Å². The number of hydrogen-bond acceptors (Lipinski definition) is 4. The first-order chi connectivity index (χ1) is 13.8. The number of nitrogens with zero attached hydrogens (tertiary/aromatic N) is 5. The highest BCUT2D eigenvalue weighted by Gasteiger charge is 2.26. The lowest BCUT2D eigenvalue weighted by molar-refractivity contribution is 0.168. The second-order valence-electron chi connectivity index (χ2n) is 8.44. The van der Waals surface area contributed by atoms with Crippen molar-refractivity contribution in [3.05, 3.63) is 52.5 Å². The summed E-state index contributed by atoms with van der Waals surface area (Å²) in [5.74, 6) is 2.19. The van der Waals surface area contributed by atoms with E-state index < -0.39 is 0 Å². The fourth-order valence-corrected chi connectivity index (χ4v) is 3.63. The molecule has 2 heterocycles. The van der Waals surface area contributed by atoms with Gasteiger partial charge in [0.2, 0.25) is 0 Å². The van der Waals surface area contributed by atoms with Gasteiger partial charge in [-0.05, 0) is 19.4 Å². The number of carbonyl (C=O) groups is 1. The molecule has 2 amide bonds. The van der Waals surface area contributed by atoms with Crippen LogP contribution in [-0.4, -0.2) is 66.1 Å². The molecule has 6 heteroatoms. The van der Waals surface area contributed by atoms with Crippen molar-refractivity contribution in [2.45, 2.75) is 40.0 Å². The number of carbonyl (C=O) groups excluding carboxylic acids is 1. The van der Waals surface area contributed by atoms with Crippen LogP contribution in [0.5, 0.6) is 0 Å². The molecule has 0 atom stereocenters. The van der Waals surface area contributed by atoms with E-state index in [1.54, 1.807) is 19.0 Å². The van der Waals surface area contributed by atoms with Gasteiger partial charge in [-0.1, -0.05) is 43.7 Å². The number of aryl methyl sites for hydroxylation is 2. The molecule has 1 aromatic carbocycles. The fraction of sp³-hybridized carbons (Fsp3) is 0.522. The molecule has 1 saturated heterocycles. The normalized spacial score (nSPS) is 14.4. The van der Waals surface area contributed by atoms with Crippen LogP contribution in [0.2, 0.25) is 0 Å². The third-order valence-electron chi connectivity index (χ3n) is 5.46. The maximum Gasteiger partial charge on any atom is 0.319 e. The van der Waals surface area contributed by atoms with Crippen molar-refractivity contribution in [3.8, 4) is 0 Å². The molecule has 6 nitrogen and oxygen atoms in total. The molecule has 1 aromatic heterocycles. The van der Waals surface area contributed by atoms with Gasteiger partial charge in [-0.2, -0.15) is 0 Å². The summed E-state index contributed by atoms with van der Waals surface area (Å²) in [6.07, 6.45) is 0.816. The van der Waals surface area contributed by atoms with Crippen LogP contribution in [0, 0.1) is 13.8 Å². The van der Waals surface area contributed by atoms with Gasteiger partial charge in [-0.3, -0.25) is 0 Å². The monoisotopic (exact) mass is 395 g/mol. The van der Waals surface area contributed by atoms with Gasteiger partial charge in [-0.25, -0.2) is 14.8 Å². The van der Waals surface area contributed by atoms with E-state index in [2.05, 4.69) is 56.9 Å². The molecule has 0 bridgehead atoms. The van der Waals surface area contributed by atoms with Crippen LogP contribution < -0.4 is 4.90 Å². The molecule has 2 aromatic rings. The maximum absolute atomic E-state index is 12.3. The van der Waals surface area contributed by atoms with Gasteiger partial charge in [-0.15, -0.1) is 0 Å². The van der Waals surface area contributed by atoms with Crippen molar-refractivity contribution < 1.29 is 4.79 Å². The van der Waals surface area contributed by atoms with Gasteiger partial charge in [0.05, 0.1) is 0 Å². The lowest BCUT2D eigenvalue weighted by atomic mass is 10.0. The number of piperazine rings is 1. The molecule has 0 spiro atoms. The summed E-state index contributed by atoms with van der Waals surface area (Å²) in [5, 5.41) is 0. The van der Waals surface area contributed by atoms with Gasteiger partial charge in [0.25, 0.3) is 0 Å². The number of rotatable bonds is 4. The summed E-state index contributed by atoms with van der Waals surface area (Å²) in [7, 11) is 3.61. The first kappa shape index (κ1) is 21.1. The van der Waals surface area contributed by atoms with Crippen LogP contribution in [-0.2, 0) is 6.42 Å². The van der Waals surface area contributed by atoms with Crippen molar-refractivity contribution in [1.82, 2.24) is 19.8 Å².